The molecule has 4 heteroatoms. The minimum atomic E-state index is 0.860. The summed E-state index contributed by atoms with van der Waals surface area (Å²) >= 11 is 0. The van der Waals surface area contributed by atoms with Crippen LogP contribution in [0.4, 0.5) is 0 Å². The second-order valence-electron chi connectivity index (χ2n) is 3.82. The Morgan fingerprint density at radius 1 is 1.18 bits per heavy atom. The van der Waals surface area contributed by atoms with Gasteiger partial charge >= 0.3 is 0 Å². The molecule has 3 rings (SSSR count). The summed E-state index contributed by atoms with van der Waals surface area (Å²) in [5.74, 6) is 0.895. The van der Waals surface area contributed by atoms with Gasteiger partial charge in [0.1, 0.15) is 6.33 Å². The highest BCUT2D eigenvalue weighted by Crippen LogP contribution is 2.25. The minimum Gasteiger partial charge on any atom is -0.314 e. The Hall–Kier alpha value is -2.23. The van der Waals surface area contributed by atoms with Gasteiger partial charge in [-0.1, -0.05) is 18.2 Å². The van der Waals surface area contributed by atoms with Crippen molar-refractivity contribution in [2.45, 2.75) is 13.5 Å². The number of pyridine rings is 1. The van der Waals surface area contributed by atoms with Gasteiger partial charge in [0.2, 0.25) is 0 Å². The average molecular weight is 224 g/mol. The number of benzene rings is 1. The smallest absolute Gasteiger partial charge is 0.164 e. The molecule has 0 saturated carbocycles. The standard InChI is InChI=1S/C13H12N4/c1-2-17-9-15-16-13(17)11-5-3-7-12-10(11)6-4-8-14-12/h3-9H,2H2,1H3. The first kappa shape index (κ1) is 9.96. The summed E-state index contributed by atoms with van der Waals surface area (Å²) in [7, 11) is 0. The van der Waals surface area contributed by atoms with Crippen molar-refractivity contribution in [3.8, 4) is 11.4 Å². The zero-order chi connectivity index (χ0) is 11.7. The second-order valence-corrected chi connectivity index (χ2v) is 3.82. The number of fused-ring (bicyclic) bond motifs is 1. The molecular weight excluding hydrogens is 212 g/mol. The van der Waals surface area contributed by atoms with Crippen LogP contribution in [0.3, 0.4) is 0 Å². The number of nitrogens with zero attached hydrogens (tertiary/aromatic N) is 4. The number of hydrogen-bond donors (Lipinski definition) is 0. The molecule has 0 aliphatic heterocycles. The molecule has 3 aromatic rings. The van der Waals surface area contributed by atoms with Gasteiger partial charge in [-0.05, 0) is 19.1 Å². The number of aryl methyl sites for hydroxylation is 1. The van der Waals surface area contributed by atoms with E-state index in [1.807, 2.05) is 22.8 Å². The van der Waals surface area contributed by atoms with Gasteiger partial charge in [0.25, 0.3) is 0 Å². The topological polar surface area (TPSA) is 43.6 Å². The van der Waals surface area contributed by atoms with Gasteiger partial charge in [0, 0.05) is 23.7 Å². The molecule has 0 amide bonds. The molecule has 1 aromatic carbocycles. The average Bonchev–Trinajstić information content (AvgIpc) is 2.86. The molecule has 2 heterocycles. The maximum Gasteiger partial charge on any atom is 0.164 e. The van der Waals surface area contributed by atoms with Gasteiger partial charge in [0.15, 0.2) is 5.82 Å². The molecule has 4 nitrogen and oxygen atoms in total. The normalized spacial score (nSPS) is 10.9. The van der Waals surface area contributed by atoms with Crippen LogP contribution in [0.1, 0.15) is 6.92 Å². The van der Waals surface area contributed by atoms with Crippen LogP contribution in [0.15, 0.2) is 42.9 Å². The first-order valence-electron chi connectivity index (χ1n) is 5.62. The van der Waals surface area contributed by atoms with E-state index in [1.165, 1.54) is 0 Å². The van der Waals surface area contributed by atoms with E-state index in [9.17, 15) is 0 Å². The number of rotatable bonds is 2. The van der Waals surface area contributed by atoms with E-state index in [-0.39, 0.29) is 0 Å². The molecular formula is C13H12N4. The molecule has 0 spiro atoms. The lowest BCUT2D eigenvalue weighted by molar-refractivity contribution is 0.767. The largest absolute Gasteiger partial charge is 0.314 e. The molecule has 0 aliphatic carbocycles. The second kappa shape index (κ2) is 3.97. The Kier molecular flexibility index (Phi) is 2.33. The number of hydrogen-bond acceptors (Lipinski definition) is 3. The van der Waals surface area contributed by atoms with Crippen molar-refractivity contribution in [3.63, 3.8) is 0 Å². The summed E-state index contributed by atoms with van der Waals surface area (Å²) in [4.78, 5) is 4.35. The molecule has 0 radical (unpaired) electrons. The fourth-order valence-electron chi connectivity index (χ4n) is 1.99. The van der Waals surface area contributed by atoms with Crippen molar-refractivity contribution in [1.82, 2.24) is 19.7 Å². The lowest BCUT2D eigenvalue weighted by Gasteiger charge is -2.06. The Balaban J connectivity index is 2.31. The highest BCUT2D eigenvalue weighted by atomic mass is 15.3. The van der Waals surface area contributed by atoms with Crippen LogP contribution in [0, 0.1) is 0 Å². The van der Waals surface area contributed by atoms with E-state index in [1.54, 1.807) is 12.5 Å². The zero-order valence-corrected chi connectivity index (χ0v) is 9.54. The first-order chi connectivity index (χ1) is 8.40. The van der Waals surface area contributed by atoms with E-state index in [0.29, 0.717) is 0 Å². The molecule has 0 atom stereocenters. The maximum atomic E-state index is 4.35. The fourth-order valence-corrected chi connectivity index (χ4v) is 1.99. The van der Waals surface area contributed by atoms with E-state index in [4.69, 9.17) is 0 Å². The third kappa shape index (κ3) is 1.58. The SMILES string of the molecule is CCn1cnnc1-c1cccc2ncccc12. The molecule has 0 N–H and O–H groups in total. The van der Waals surface area contributed by atoms with Crippen molar-refractivity contribution >= 4 is 10.9 Å². The van der Waals surface area contributed by atoms with Gasteiger partial charge in [0.05, 0.1) is 5.52 Å². The van der Waals surface area contributed by atoms with Crippen LogP contribution in [0.2, 0.25) is 0 Å². The van der Waals surface area contributed by atoms with Crippen LogP contribution in [-0.4, -0.2) is 19.7 Å². The Morgan fingerprint density at radius 3 is 3.00 bits per heavy atom. The van der Waals surface area contributed by atoms with Crippen LogP contribution in [0.25, 0.3) is 22.3 Å². The lowest BCUT2D eigenvalue weighted by atomic mass is 10.1. The summed E-state index contributed by atoms with van der Waals surface area (Å²) in [6.07, 6.45) is 3.56. The first-order valence-corrected chi connectivity index (χ1v) is 5.62. The lowest BCUT2D eigenvalue weighted by Crippen LogP contribution is -1.96. The van der Waals surface area contributed by atoms with Crippen LogP contribution in [0.5, 0.6) is 0 Å². The van der Waals surface area contributed by atoms with Gasteiger partial charge in [-0.25, -0.2) is 0 Å². The molecule has 0 saturated heterocycles. The molecule has 2 aromatic heterocycles. The Morgan fingerprint density at radius 2 is 2.12 bits per heavy atom. The monoisotopic (exact) mass is 224 g/mol. The van der Waals surface area contributed by atoms with Gasteiger partial charge in [-0.2, -0.15) is 0 Å². The number of aromatic nitrogens is 4. The highest BCUT2D eigenvalue weighted by molar-refractivity contribution is 5.92. The molecule has 0 unspecified atom stereocenters. The Bertz CT molecular complexity index is 652. The highest BCUT2D eigenvalue weighted by Gasteiger charge is 2.09. The van der Waals surface area contributed by atoms with Gasteiger partial charge in [-0.3, -0.25) is 4.98 Å². The van der Waals surface area contributed by atoms with Crippen molar-refractivity contribution in [3.05, 3.63) is 42.9 Å². The summed E-state index contributed by atoms with van der Waals surface area (Å²) in [6.45, 7) is 2.94. The zero-order valence-electron chi connectivity index (χ0n) is 9.54. The van der Waals surface area contributed by atoms with Gasteiger partial charge < -0.3 is 4.57 Å². The Labute approximate surface area is 98.9 Å². The van der Waals surface area contributed by atoms with E-state index in [2.05, 4.69) is 34.2 Å². The van der Waals surface area contributed by atoms with Crippen molar-refractivity contribution in [2.75, 3.05) is 0 Å². The van der Waals surface area contributed by atoms with Gasteiger partial charge in [-0.15, -0.1) is 10.2 Å². The van der Waals surface area contributed by atoms with E-state index < -0.39 is 0 Å². The van der Waals surface area contributed by atoms with Crippen molar-refractivity contribution < 1.29 is 0 Å². The summed E-state index contributed by atoms with van der Waals surface area (Å²) in [5.41, 5.74) is 2.06. The minimum absolute atomic E-state index is 0.860. The molecule has 17 heavy (non-hydrogen) atoms. The molecule has 84 valence electrons. The van der Waals surface area contributed by atoms with Crippen molar-refractivity contribution in [2.24, 2.45) is 0 Å². The maximum absolute atomic E-state index is 4.35. The third-order valence-electron chi connectivity index (χ3n) is 2.84. The summed E-state index contributed by atoms with van der Waals surface area (Å²) in [6, 6.07) is 10.1. The quantitative estimate of drug-likeness (QED) is 0.671. The van der Waals surface area contributed by atoms with E-state index >= 15 is 0 Å². The van der Waals surface area contributed by atoms with E-state index in [0.717, 1.165) is 28.8 Å². The fraction of sp³-hybridized carbons (Fsp3) is 0.154. The molecule has 0 fully saturated rings. The predicted octanol–water partition coefficient (Wildman–Crippen LogP) is 2.51. The van der Waals surface area contributed by atoms with Crippen LogP contribution >= 0.6 is 0 Å². The summed E-state index contributed by atoms with van der Waals surface area (Å²) in [5, 5.41) is 9.27. The van der Waals surface area contributed by atoms with Crippen molar-refractivity contribution in [1.29, 1.82) is 0 Å². The molecule has 0 bridgehead atoms. The predicted molar refractivity (Wildman–Crippen MR) is 66.4 cm³/mol. The van der Waals surface area contributed by atoms with Crippen LogP contribution in [-0.2, 0) is 6.54 Å². The summed E-state index contributed by atoms with van der Waals surface area (Å²) < 4.78 is 2.03. The molecule has 0 aliphatic rings. The third-order valence-corrected chi connectivity index (χ3v) is 2.84. The van der Waals surface area contributed by atoms with Crippen LogP contribution < -0.4 is 0 Å².